The lowest BCUT2D eigenvalue weighted by Crippen LogP contribution is -2.58. The second-order valence-electron chi connectivity index (χ2n) is 6.17. The lowest BCUT2D eigenvalue weighted by molar-refractivity contribution is 0.0792. The van der Waals surface area contributed by atoms with Crippen molar-refractivity contribution in [3.63, 3.8) is 0 Å². The van der Waals surface area contributed by atoms with Crippen molar-refractivity contribution in [3.05, 3.63) is 28.7 Å². The molecule has 1 atom stereocenters. The van der Waals surface area contributed by atoms with Crippen LogP contribution in [-0.2, 0) is 11.8 Å². The maximum Gasteiger partial charge on any atom is 0.252 e. The van der Waals surface area contributed by atoms with Gasteiger partial charge in [-0.15, -0.1) is 0 Å². The summed E-state index contributed by atoms with van der Waals surface area (Å²) in [4.78, 5) is 14.2. The largest absolute Gasteiger partial charge is 0.384 e. The highest BCUT2D eigenvalue weighted by Gasteiger charge is 2.36. The summed E-state index contributed by atoms with van der Waals surface area (Å²) in [5.74, 6) is 0. The van der Waals surface area contributed by atoms with Gasteiger partial charge in [0.05, 0.1) is 6.61 Å². The summed E-state index contributed by atoms with van der Waals surface area (Å²) < 4.78 is 6.96. The average molecular weight is 279 g/mol. The molecule has 0 bridgehead atoms. The van der Waals surface area contributed by atoms with Gasteiger partial charge in [-0.1, -0.05) is 13.8 Å². The molecule has 5 nitrogen and oxygen atoms in total. The van der Waals surface area contributed by atoms with Crippen molar-refractivity contribution in [1.82, 2.24) is 9.88 Å². The van der Waals surface area contributed by atoms with Crippen LogP contribution >= 0.6 is 0 Å². The first-order valence-electron chi connectivity index (χ1n) is 7.09. The van der Waals surface area contributed by atoms with Gasteiger partial charge in [0, 0.05) is 63.2 Å². The Balaban J connectivity index is 2.31. The molecule has 0 spiro atoms. The first kappa shape index (κ1) is 15.1. The quantitative estimate of drug-likeness (QED) is 0.887. The molecule has 1 unspecified atom stereocenters. The van der Waals surface area contributed by atoms with Gasteiger partial charge >= 0.3 is 0 Å². The highest BCUT2D eigenvalue weighted by atomic mass is 16.5. The van der Waals surface area contributed by atoms with Crippen LogP contribution in [0.15, 0.2) is 23.1 Å². The number of pyridine rings is 1. The topological polar surface area (TPSA) is 46.5 Å². The predicted octanol–water partition coefficient (Wildman–Crippen LogP) is 0.836. The van der Waals surface area contributed by atoms with E-state index in [9.17, 15) is 4.79 Å². The van der Waals surface area contributed by atoms with Crippen LogP contribution in [-0.4, -0.2) is 44.0 Å². The number of piperazine rings is 1. The Bertz CT molecular complexity index is 510. The highest BCUT2D eigenvalue weighted by molar-refractivity contribution is 5.47. The van der Waals surface area contributed by atoms with E-state index in [2.05, 4.69) is 24.1 Å². The Morgan fingerprint density at radius 2 is 2.25 bits per heavy atom. The van der Waals surface area contributed by atoms with Crippen LogP contribution in [0.2, 0.25) is 0 Å². The lowest BCUT2D eigenvalue weighted by atomic mass is 9.83. The molecule has 0 aromatic carbocycles. The Morgan fingerprint density at radius 1 is 1.50 bits per heavy atom. The third-order valence-corrected chi connectivity index (χ3v) is 4.08. The summed E-state index contributed by atoms with van der Waals surface area (Å²) in [7, 11) is 3.51. The SMILES string of the molecule is COCC(C)(C)C1CNCCN1c1ccn(C)c(=O)c1. The number of aromatic nitrogens is 1. The van der Waals surface area contributed by atoms with E-state index < -0.39 is 0 Å². The van der Waals surface area contributed by atoms with E-state index in [1.807, 2.05) is 12.3 Å². The number of hydrogen-bond acceptors (Lipinski definition) is 4. The number of nitrogens with zero attached hydrogens (tertiary/aromatic N) is 2. The molecular formula is C15H25N3O2. The molecule has 1 N–H and O–H groups in total. The molecule has 1 aromatic rings. The Morgan fingerprint density at radius 3 is 2.90 bits per heavy atom. The number of ether oxygens (including phenoxy) is 1. The van der Waals surface area contributed by atoms with E-state index >= 15 is 0 Å². The maximum atomic E-state index is 11.9. The highest BCUT2D eigenvalue weighted by Crippen LogP contribution is 2.29. The summed E-state index contributed by atoms with van der Waals surface area (Å²) in [5.41, 5.74) is 1.05. The van der Waals surface area contributed by atoms with E-state index in [4.69, 9.17) is 4.74 Å². The van der Waals surface area contributed by atoms with Crippen molar-refractivity contribution in [2.45, 2.75) is 19.9 Å². The van der Waals surface area contributed by atoms with Crippen LogP contribution in [0.1, 0.15) is 13.8 Å². The van der Waals surface area contributed by atoms with Gasteiger partial charge in [0.2, 0.25) is 0 Å². The number of rotatable bonds is 4. The van der Waals surface area contributed by atoms with E-state index in [0.29, 0.717) is 12.6 Å². The smallest absolute Gasteiger partial charge is 0.252 e. The predicted molar refractivity (Wildman–Crippen MR) is 81.3 cm³/mol. The molecule has 1 aromatic heterocycles. The molecule has 1 saturated heterocycles. The fourth-order valence-corrected chi connectivity index (χ4v) is 2.90. The van der Waals surface area contributed by atoms with Gasteiger partial charge in [-0.05, 0) is 6.07 Å². The van der Waals surface area contributed by atoms with Crippen LogP contribution in [0, 0.1) is 5.41 Å². The lowest BCUT2D eigenvalue weighted by Gasteiger charge is -2.46. The first-order valence-corrected chi connectivity index (χ1v) is 7.09. The fraction of sp³-hybridized carbons (Fsp3) is 0.667. The van der Waals surface area contributed by atoms with Gasteiger partial charge in [0.1, 0.15) is 0 Å². The van der Waals surface area contributed by atoms with Crippen LogP contribution in [0.5, 0.6) is 0 Å². The minimum Gasteiger partial charge on any atom is -0.384 e. The number of nitrogens with one attached hydrogen (secondary N) is 1. The molecular weight excluding hydrogens is 254 g/mol. The summed E-state index contributed by atoms with van der Waals surface area (Å²) >= 11 is 0. The number of aryl methyl sites for hydroxylation is 1. The Kier molecular flexibility index (Phi) is 4.50. The molecule has 5 heteroatoms. The second kappa shape index (κ2) is 5.97. The molecule has 2 heterocycles. The number of hydrogen-bond donors (Lipinski definition) is 1. The van der Waals surface area contributed by atoms with Crippen LogP contribution < -0.4 is 15.8 Å². The molecule has 1 aliphatic heterocycles. The zero-order chi connectivity index (χ0) is 14.8. The molecule has 0 amide bonds. The number of methoxy groups -OCH3 is 1. The molecule has 0 radical (unpaired) electrons. The molecule has 0 saturated carbocycles. The van der Waals surface area contributed by atoms with Crippen molar-refractivity contribution in [2.24, 2.45) is 12.5 Å². The fourth-order valence-electron chi connectivity index (χ4n) is 2.90. The molecule has 1 fully saturated rings. The first-order chi connectivity index (χ1) is 9.45. The van der Waals surface area contributed by atoms with Crippen LogP contribution in [0.4, 0.5) is 5.69 Å². The monoisotopic (exact) mass is 279 g/mol. The summed E-state index contributed by atoms with van der Waals surface area (Å²) in [6.07, 6.45) is 1.83. The normalized spacial score (nSPS) is 20.2. The third-order valence-electron chi connectivity index (χ3n) is 4.08. The van der Waals surface area contributed by atoms with Gasteiger partial charge in [-0.2, -0.15) is 0 Å². The molecule has 112 valence electrons. The van der Waals surface area contributed by atoms with Crippen LogP contribution in [0.3, 0.4) is 0 Å². The van der Waals surface area contributed by atoms with E-state index in [1.165, 1.54) is 0 Å². The molecule has 1 aliphatic rings. The average Bonchev–Trinajstić information content (AvgIpc) is 2.42. The van der Waals surface area contributed by atoms with Gasteiger partial charge < -0.3 is 19.5 Å². The maximum absolute atomic E-state index is 11.9. The van der Waals surface area contributed by atoms with E-state index in [0.717, 1.165) is 25.3 Å². The van der Waals surface area contributed by atoms with E-state index in [-0.39, 0.29) is 11.0 Å². The van der Waals surface area contributed by atoms with Gasteiger partial charge in [0.25, 0.3) is 5.56 Å². The Hall–Kier alpha value is -1.33. The van der Waals surface area contributed by atoms with Crippen molar-refractivity contribution >= 4 is 5.69 Å². The number of anilines is 1. The summed E-state index contributed by atoms with van der Waals surface area (Å²) in [6, 6.07) is 4.05. The van der Waals surface area contributed by atoms with Crippen molar-refractivity contribution < 1.29 is 4.74 Å². The Labute approximate surface area is 120 Å². The zero-order valence-corrected chi connectivity index (χ0v) is 12.8. The van der Waals surface area contributed by atoms with Crippen LogP contribution in [0.25, 0.3) is 0 Å². The third kappa shape index (κ3) is 3.04. The minimum atomic E-state index is 0.0171. The van der Waals surface area contributed by atoms with Gasteiger partial charge in [-0.25, -0.2) is 0 Å². The molecule has 20 heavy (non-hydrogen) atoms. The minimum absolute atomic E-state index is 0.0171. The van der Waals surface area contributed by atoms with Gasteiger partial charge in [-0.3, -0.25) is 4.79 Å². The van der Waals surface area contributed by atoms with Crippen molar-refractivity contribution in [2.75, 3.05) is 38.3 Å². The van der Waals surface area contributed by atoms with Crippen molar-refractivity contribution in [3.8, 4) is 0 Å². The summed E-state index contributed by atoms with van der Waals surface area (Å²) in [5, 5.41) is 3.44. The van der Waals surface area contributed by atoms with E-state index in [1.54, 1.807) is 24.8 Å². The van der Waals surface area contributed by atoms with Crippen molar-refractivity contribution in [1.29, 1.82) is 0 Å². The summed E-state index contributed by atoms with van der Waals surface area (Å²) in [6.45, 7) is 7.87. The van der Waals surface area contributed by atoms with Gasteiger partial charge in [0.15, 0.2) is 0 Å². The zero-order valence-electron chi connectivity index (χ0n) is 12.8. The molecule has 0 aliphatic carbocycles. The standard InChI is InChI=1S/C15H25N3O2/c1-15(2,11-20-4)13-10-16-6-8-18(13)12-5-7-17(3)14(19)9-12/h5,7,9,13,16H,6,8,10-11H2,1-4H3. The molecule has 2 rings (SSSR count). The second-order valence-corrected chi connectivity index (χ2v) is 6.17.